The van der Waals surface area contributed by atoms with E-state index in [1.165, 1.54) is 36.2 Å². The van der Waals surface area contributed by atoms with E-state index in [1.54, 1.807) is 0 Å². The van der Waals surface area contributed by atoms with E-state index in [0.29, 0.717) is 5.02 Å². The van der Waals surface area contributed by atoms with Crippen molar-refractivity contribution < 1.29 is 9.63 Å². The fourth-order valence-corrected chi connectivity index (χ4v) is 3.01. The molecule has 126 valence electrons. The fourth-order valence-electron chi connectivity index (χ4n) is 2.18. The summed E-state index contributed by atoms with van der Waals surface area (Å²) in [5.74, 6) is -0.616. The van der Waals surface area contributed by atoms with Gasteiger partial charge in [0.05, 0.1) is 27.3 Å². The maximum Gasteiger partial charge on any atom is 0.365 e. The predicted molar refractivity (Wildman–Crippen MR) is 103 cm³/mol. The van der Waals surface area contributed by atoms with Crippen LogP contribution in [0.15, 0.2) is 58.7 Å². The Kier molecular flexibility index (Phi) is 5.58. The van der Waals surface area contributed by atoms with Gasteiger partial charge in [-0.1, -0.05) is 46.6 Å². The van der Waals surface area contributed by atoms with E-state index in [0.717, 1.165) is 21.5 Å². The second kappa shape index (κ2) is 7.87. The molecule has 0 N–H and O–H groups in total. The Balaban J connectivity index is 1.80. The molecule has 25 heavy (non-hydrogen) atoms. The van der Waals surface area contributed by atoms with Gasteiger partial charge in [-0.25, -0.2) is 9.78 Å². The number of aromatic nitrogens is 1. The zero-order valence-corrected chi connectivity index (χ0v) is 15.4. The minimum atomic E-state index is -0.616. The van der Waals surface area contributed by atoms with Crippen LogP contribution in [-0.2, 0) is 4.84 Å². The van der Waals surface area contributed by atoms with E-state index in [-0.39, 0.29) is 10.6 Å². The minimum absolute atomic E-state index is 0.272. The van der Waals surface area contributed by atoms with Gasteiger partial charge in [0.15, 0.2) is 0 Å². The molecule has 0 bridgehead atoms. The first-order valence-corrected chi connectivity index (χ1v) is 9.20. The molecule has 0 saturated heterocycles. The Morgan fingerprint density at radius 1 is 1.16 bits per heavy atom. The standard InChI is InChI=1S/C18H12Cl2N2O2S/c1-25-17-13(8-11-4-2-3-5-16(11)22-17)10-21-24-18(23)12-6-7-14(19)15(20)9-12/h2-10H,1H3/b21-10-. The number of oxime groups is 1. The highest BCUT2D eigenvalue weighted by Crippen LogP contribution is 2.24. The summed E-state index contributed by atoms with van der Waals surface area (Å²) in [6, 6.07) is 14.2. The molecule has 2 aromatic carbocycles. The second-order valence-electron chi connectivity index (χ2n) is 5.02. The van der Waals surface area contributed by atoms with Gasteiger partial charge in [0.1, 0.15) is 5.03 Å². The third-order valence-electron chi connectivity index (χ3n) is 3.39. The van der Waals surface area contributed by atoms with Crippen molar-refractivity contribution >= 4 is 58.1 Å². The summed E-state index contributed by atoms with van der Waals surface area (Å²) in [6.07, 6.45) is 3.40. The molecule has 0 radical (unpaired) electrons. The van der Waals surface area contributed by atoms with Gasteiger partial charge in [0.25, 0.3) is 0 Å². The van der Waals surface area contributed by atoms with Gasteiger partial charge in [-0.3, -0.25) is 0 Å². The summed E-state index contributed by atoms with van der Waals surface area (Å²) in [5.41, 5.74) is 1.94. The van der Waals surface area contributed by atoms with Crippen molar-refractivity contribution in [3.8, 4) is 0 Å². The van der Waals surface area contributed by atoms with Gasteiger partial charge < -0.3 is 4.84 Å². The van der Waals surface area contributed by atoms with E-state index >= 15 is 0 Å². The molecule has 0 aliphatic rings. The summed E-state index contributed by atoms with van der Waals surface area (Å²) < 4.78 is 0. The first kappa shape index (κ1) is 17.7. The predicted octanol–water partition coefficient (Wildman–Crippen LogP) is 5.45. The molecular formula is C18H12Cl2N2O2S. The fraction of sp³-hybridized carbons (Fsp3) is 0.0556. The lowest BCUT2D eigenvalue weighted by Crippen LogP contribution is -2.01. The molecule has 0 aliphatic carbocycles. The number of fused-ring (bicyclic) bond motifs is 1. The Morgan fingerprint density at radius 3 is 2.72 bits per heavy atom. The molecular weight excluding hydrogens is 379 g/mol. The molecule has 0 fully saturated rings. The van der Waals surface area contributed by atoms with Gasteiger partial charge in [-0.05, 0) is 36.6 Å². The molecule has 0 spiro atoms. The molecule has 7 heteroatoms. The quantitative estimate of drug-likeness (QED) is 0.257. The second-order valence-corrected chi connectivity index (χ2v) is 6.63. The van der Waals surface area contributed by atoms with Crippen molar-refractivity contribution in [2.75, 3.05) is 6.26 Å². The number of halogens is 2. The SMILES string of the molecule is CSc1nc2ccccc2cc1/C=N\OC(=O)c1ccc(Cl)c(Cl)c1. The molecule has 0 saturated carbocycles. The molecule has 0 atom stereocenters. The van der Waals surface area contributed by atoms with Crippen molar-refractivity contribution in [2.24, 2.45) is 5.16 Å². The Morgan fingerprint density at radius 2 is 1.96 bits per heavy atom. The lowest BCUT2D eigenvalue weighted by atomic mass is 10.2. The van der Waals surface area contributed by atoms with Crippen molar-refractivity contribution in [3.63, 3.8) is 0 Å². The topological polar surface area (TPSA) is 51.6 Å². The van der Waals surface area contributed by atoms with Crippen LogP contribution in [0.1, 0.15) is 15.9 Å². The highest BCUT2D eigenvalue weighted by molar-refractivity contribution is 7.98. The molecule has 0 unspecified atom stereocenters. The van der Waals surface area contributed by atoms with Crippen LogP contribution in [0, 0.1) is 0 Å². The van der Waals surface area contributed by atoms with Crippen molar-refractivity contribution in [2.45, 2.75) is 5.03 Å². The highest BCUT2D eigenvalue weighted by atomic mass is 35.5. The van der Waals surface area contributed by atoms with Crippen LogP contribution in [0.5, 0.6) is 0 Å². The van der Waals surface area contributed by atoms with Gasteiger partial charge in [-0.15, -0.1) is 11.8 Å². The van der Waals surface area contributed by atoms with Crippen LogP contribution >= 0.6 is 35.0 Å². The van der Waals surface area contributed by atoms with Crippen molar-refractivity contribution in [3.05, 3.63) is 69.7 Å². The number of carbonyl (C=O) groups excluding carboxylic acids is 1. The zero-order valence-electron chi connectivity index (χ0n) is 13.1. The van der Waals surface area contributed by atoms with Gasteiger partial charge >= 0.3 is 5.97 Å². The summed E-state index contributed by atoms with van der Waals surface area (Å²) in [6.45, 7) is 0. The molecule has 3 aromatic rings. The number of nitrogens with zero attached hydrogens (tertiary/aromatic N) is 2. The first-order chi connectivity index (χ1) is 12.1. The number of carbonyl (C=O) groups is 1. The van der Waals surface area contributed by atoms with Crippen LogP contribution in [0.25, 0.3) is 10.9 Å². The first-order valence-electron chi connectivity index (χ1n) is 7.22. The molecule has 0 amide bonds. The zero-order chi connectivity index (χ0) is 17.8. The van der Waals surface area contributed by atoms with E-state index in [4.69, 9.17) is 28.0 Å². The number of pyridine rings is 1. The summed E-state index contributed by atoms with van der Waals surface area (Å²) in [4.78, 5) is 21.5. The van der Waals surface area contributed by atoms with Crippen LogP contribution in [0.2, 0.25) is 10.0 Å². The van der Waals surface area contributed by atoms with E-state index < -0.39 is 5.97 Å². The average Bonchev–Trinajstić information content (AvgIpc) is 2.63. The van der Waals surface area contributed by atoms with Crippen LogP contribution in [0.3, 0.4) is 0 Å². The Labute approximate surface area is 158 Å². The maximum atomic E-state index is 12.0. The normalized spacial score (nSPS) is 11.2. The van der Waals surface area contributed by atoms with Gasteiger partial charge in [0.2, 0.25) is 0 Å². The van der Waals surface area contributed by atoms with E-state index in [2.05, 4.69) is 10.1 Å². The monoisotopic (exact) mass is 390 g/mol. The minimum Gasteiger partial charge on any atom is -0.313 e. The average molecular weight is 391 g/mol. The number of thioether (sulfide) groups is 1. The smallest absolute Gasteiger partial charge is 0.313 e. The Hall–Kier alpha value is -2.08. The molecule has 1 heterocycles. The number of rotatable bonds is 4. The summed E-state index contributed by atoms with van der Waals surface area (Å²) in [5, 5.41) is 6.21. The maximum absolute atomic E-state index is 12.0. The molecule has 1 aromatic heterocycles. The molecule has 3 rings (SSSR count). The van der Waals surface area contributed by atoms with Crippen LogP contribution in [-0.4, -0.2) is 23.4 Å². The number of hydrogen-bond acceptors (Lipinski definition) is 5. The molecule has 0 aliphatic heterocycles. The van der Waals surface area contributed by atoms with Crippen molar-refractivity contribution in [1.82, 2.24) is 4.98 Å². The van der Waals surface area contributed by atoms with E-state index in [1.807, 2.05) is 36.6 Å². The number of para-hydroxylation sites is 1. The lowest BCUT2D eigenvalue weighted by Gasteiger charge is -2.04. The number of benzene rings is 2. The molecule has 4 nitrogen and oxygen atoms in total. The largest absolute Gasteiger partial charge is 0.365 e. The third-order valence-corrected chi connectivity index (χ3v) is 4.85. The summed E-state index contributed by atoms with van der Waals surface area (Å²) in [7, 11) is 0. The third kappa shape index (κ3) is 4.12. The lowest BCUT2D eigenvalue weighted by molar-refractivity contribution is 0.0519. The van der Waals surface area contributed by atoms with E-state index in [9.17, 15) is 4.79 Å². The highest BCUT2D eigenvalue weighted by Gasteiger charge is 2.10. The van der Waals surface area contributed by atoms with Crippen LogP contribution < -0.4 is 0 Å². The van der Waals surface area contributed by atoms with Crippen LogP contribution in [0.4, 0.5) is 0 Å². The van der Waals surface area contributed by atoms with Gasteiger partial charge in [-0.2, -0.15) is 0 Å². The Bertz CT molecular complexity index is 976. The van der Waals surface area contributed by atoms with Crippen molar-refractivity contribution in [1.29, 1.82) is 0 Å². The van der Waals surface area contributed by atoms with Gasteiger partial charge in [0, 0.05) is 10.9 Å². The summed E-state index contributed by atoms with van der Waals surface area (Å²) >= 11 is 13.2. The number of hydrogen-bond donors (Lipinski definition) is 0.